The Bertz CT molecular complexity index is 1170. The molecule has 3 aromatic rings. The first-order valence-electron chi connectivity index (χ1n) is 11.3. The van der Waals surface area contributed by atoms with Crippen molar-refractivity contribution in [2.24, 2.45) is 0 Å². The van der Waals surface area contributed by atoms with Crippen LogP contribution in [0.3, 0.4) is 0 Å². The van der Waals surface area contributed by atoms with Crippen LogP contribution in [0.5, 0.6) is 0 Å². The number of piperidine rings is 1. The molecule has 0 unspecified atom stereocenters. The minimum absolute atomic E-state index is 0.0901. The second-order valence-corrected chi connectivity index (χ2v) is 8.45. The van der Waals surface area contributed by atoms with Gasteiger partial charge in [0.15, 0.2) is 11.6 Å². The molecular formula is C28H26F2N2O2. The van der Waals surface area contributed by atoms with Gasteiger partial charge in [0.25, 0.3) is 0 Å². The number of carbonyl (C=O) groups excluding carboxylic acids is 2. The molecule has 1 fully saturated rings. The van der Waals surface area contributed by atoms with Gasteiger partial charge in [-0.1, -0.05) is 66.7 Å². The average molecular weight is 461 g/mol. The molecule has 1 aliphatic rings. The van der Waals surface area contributed by atoms with Crippen LogP contribution in [0.25, 0.3) is 6.08 Å². The normalized spacial score (nSPS) is 15.3. The Kier molecular flexibility index (Phi) is 7.16. The smallest absolute Gasteiger partial charge is 0.246 e. The van der Waals surface area contributed by atoms with Gasteiger partial charge in [-0.25, -0.2) is 8.78 Å². The molecule has 4 nitrogen and oxygen atoms in total. The van der Waals surface area contributed by atoms with Gasteiger partial charge in [-0.2, -0.15) is 0 Å². The standard InChI is InChI=1S/C28H26F2N2O2/c29-24-13-11-22(19-25(24)30)20-31-27(34)28(23-9-5-2-6-10-23)15-17-32(18-16-28)26(33)14-12-21-7-3-1-4-8-21/h1-14,19H,15-18,20H2,(H,31,34). The van der Waals surface area contributed by atoms with Crippen LogP contribution in [0.1, 0.15) is 29.5 Å². The van der Waals surface area contributed by atoms with Crippen molar-refractivity contribution >= 4 is 17.9 Å². The molecule has 174 valence electrons. The van der Waals surface area contributed by atoms with E-state index in [1.807, 2.05) is 60.7 Å². The Hall–Kier alpha value is -3.80. The molecular weight excluding hydrogens is 434 g/mol. The van der Waals surface area contributed by atoms with Gasteiger partial charge in [0.1, 0.15) is 0 Å². The molecule has 6 heteroatoms. The highest BCUT2D eigenvalue weighted by Gasteiger charge is 2.43. The number of nitrogens with zero attached hydrogens (tertiary/aromatic N) is 1. The maximum absolute atomic E-state index is 13.6. The highest BCUT2D eigenvalue weighted by Crippen LogP contribution is 2.36. The summed E-state index contributed by atoms with van der Waals surface area (Å²) in [5, 5.41) is 2.90. The zero-order valence-corrected chi connectivity index (χ0v) is 18.7. The zero-order valence-electron chi connectivity index (χ0n) is 18.7. The van der Waals surface area contributed by atoms with Crippen LogP contribution in [0.4, 0.5) is 8.78 Å². The number of amides is 2. The Morgan fingerprint density at radius 1 is 0.882 bits per heavy atom. The maximum atomic E-state index is 13.6. The molecule has 1 saturated heterocycles. The molecule has 0 saturated carbocycles. The second kappa shape index (κ2) is 10.4. The lowest BCUT2D eigenvalue weighted by Gasteiger charge is -2.40. The van der Waals surface area contributed by atoms with Crippen molar-refractivity contribution in [3.8, 4) is 0 Å². The van der Waals surface area contributed by atoms with Crippen molar-refractivity contribution in [1.29, 1.82) is 0 Å². The lowest BCUT2D eigenvalue weighted by atomic mass is 9.72. The molecule has 1 heterocycles. The Labute approximate surface area is 197 Å². The van der Waals surface area contributed by atoms with E-state index in [9.17, 15) is 18.4 Å². The topological polar surface area (TPSA) is 49.4 Å². The molecule has 0 radical (unpaired) electrons. The number of carbonyl (C=O) groups is 2. The second-order valence-electron chi connectivity index (χ2n) is 8.45. The fraction of sp³-hybridized carbons (Fsp3) is 0.214. The van der Waals surface area contributed by atoms with E-state index >= 15 is 0 Å². The van der Waals surface area contributed by atoms with Crippen molar-refractivity contribution in [1.82, 2.24) is 10.2 Å². The molecule has 0 bridgehead atoms. The summed E-state index contributed by atoms with van der Waals surface area (Å²) in [4.78, 5) is 27.9. The largest absolute Gasteiger partial charge is 0.351 e. The maximum Gasteiger partial charge on any atom is 0.246 e. The van der Waals surface area contributed by atoms with E-state index < -0.39 is 17.0 Å². The zero-order chi connectivity index (χ0) is 24.0. The van der Waals surface area contributed by atoms with Gasteiger partial charge in [-0.15, -0.1) is 0 Å². The van der Waals surface area contributed by atoms with E-state index in [2.05, 4.69) is 5.32 Å². The Morgan fingerprint density at radius 3 is 2.18 bits per heavy atom. The van der Waals surface area contributed by atoms with Crippen LogP contribution in [0.2, 0.25) is 0 Å². The molecule has 0 spiro atoms. The van der Waals surface area contributed by atoms with Crippen molar-refractivity contribution in [2.75, 3.05) is 13.1 Å². The Morgan fingerprint density at radius 2 is 1.53 bits per heavy atom. The van der Waals surface area contributed by atoms with E-state index in [1.54, 1.807) is 17.1 Å². The summed E-state index contributed by atoms with van der Waals surface area (Å²) in [7, 11) is 0. The first kappa shape index (κ1) is 23.4. The van der Waals surface area contributed by atoms with Crippen LogP contribution in [0.15, 0.2) is 84.9 Å². The summed E-state index contributed by atoms with van der Waals surface area (Å²) in [6.07, 6.45) is 4.28. The fourth-order valence-electron chi connectivity index (χ4n) is 4.35. The van der Waals surface area contributed by atoms with Gasteiger partial charge in [0.05, 0.1) is 5.41 Å². The summed E-state index contributed by atoms with van der Waals surface area (Å²) in [5.74, 6) is -2.14. The summed E-state index contributed by atoms with van der Waals surface area (Å²) in [5.41, 5.74) is 1.50. The van der Waals surface area contributed by atoms with E-state index in [-0.39, 0.29) is 18.4 Å². The Balaban J connectivity index is 1.46. The third-order valence-corrected chi connectivity index (χ3v) is 6.34. The van der Waals surface area contributed by atoms with E-state index in [0.717, 1.165) is 23.3 Å². The van der Waals surface area contributed by atoms with Crippen LogP contribution >= 0.6 is 0 Å². The van der Waals surface area contributed by atoms with Gasteiger partial charge >= 0.3 is 0 Å². The summed E-state index contributed by atoms with van der Waals surface area (Å²) in [6.45, 7) is 0.962. The quantitative estimate of drug-likeness (QED) is 0.535. The third kappa shape index (κ3) is 5.22. The summed E-state index contributed by atoms with van der Waals surface area (Å²) in [6, 6.07) is 22.7. The number of hydrogen-bond acceptors (Lipinski definition) is 2. The van der Waals surface area contributed by atoms with E-state index in [4.69, 9.17) is 0 Å². The number of hydrogen-bond donors (Lipinski definition) is 1. The van der Waals surface area contributed by atoms with Crippen LogP contribution in [-0.2, 0) is 21.5 Å². The van der Waals surface area contributed by atoms with Crippen LogP contribution < -0.4 is 5.32 Å². The van der Waals surface area contributed by atoms with Gasteiger partial charge in [0, 0.05) is 25.7 Å². The summed E-state index contributed by atoms with van der Waals surface area (Å²) < 4.78 is 26.8. The minimum Gasteiger partial charge on any atom is -0.351 e. The van der Waals surface area contributed by atoms with Gasteiger partial charge in [0.2, 0.25) is 11.8 Å². The van der Waals surface area contributed by atoms with Gasteiger partial charge in [-0.3, -0.25) is 9.59 Å². The first-order chi connectivity index (χ1) is 16.5. The molecule has 0 aromatic heterocycles. The number of likely N-dealkylation sites (tertiary alicyclic amines) is 1. The highest BCUT2D eigenvalue weighted by atomic mass is 19.2. The number of benzene rings is 3. The van der Waals surface area contributed by atoms with Crippen molar-refractivity contribution in [2.45, 2.75) is 24.8 Å². The average Bonchev–Trinajstić information content (AvgIpc) is 2.89. The van der Waals surface area contributed by atoms with E-state index in [0.29, 0.717) is 31.5 Å². The molecule has 34 heavy (non-hydrogen) atoms. The number of halogens is 2. The molecule has 0 atom stereocenters. The van der Waals surface area contributed by atoms with Crippen molar-refractivity contribution in [3.05, 3.63) is 113 Å². The molecule has 1 N–H and O–H groups in total. The monoisotopic (exact) mass is 460 g/mol. The predicted molar refractivity (Wildman–Crippen MR) is 128 cm³/mol. The first-order valence-corrected chi connectivity index (χ1v) is 11.3. The van der Waals surface area contributed by atoms with Gasteiger partial charge in [-0.05, 0) is 47.7 Å². The molecule has 3 aromatic carbocycles. The predicted octanol–water partition coefficient (Wildman–Crippen LogP) is 4.85. The van der Waals surface area contributed by atoms with Crippen molar-refractivity contribution in [3.63, 3.8) is 0 Å². The lowest BCUT2D eigenvalue weighted by molar-refractivity contribution is -0.134. The number of rotatable bonds is 6. The molecule has 1 aliphatic heterocycles. The van der Waals surface area contributed by atoms with Crippen LogP contribution in [0, 0.1) is 11.6 Å². The van der Waals surface area contributed by atoms with Gasteiger partial charge < -0.3 is 10.2 Å². The SMILES string of the molecule is O=C(C=Cc1ccccc1)N1CCC(C(=O)NCc2ccc(F)c(F)c2)(c2ccccc2)CC1. The summed E-state index contributed by atoms with van der Waals surface area (Å²) >= 11 is 0. The molecule has 2 amide bonds. The molecule has 4 rings (SSSR count). The number of nitrogens with one attached hydrogen (secondary N) is 1. The third-order valence-electron chi connectivity index (χ3n) is 6.34. The minimum atomic E-state index is -0.945. The van der Waals surface area contributed by atoms with E-state index in [1.165, 1.54) is 6.07 Å². The van der Waals surface area contributed by atoms with Crippen LogP contribution in [-0.4, -0.2) is 29.8 Å². The highest BCUT2D eigenvalue weighted by molar-refractivity contribution is 5.93. The van der Waals surface area contributed by atoms with Crippen molar-refractivity contribution < 1.29 is 18.4 Å². The lowest BCUT2D eigenvalue weighted by Crippen LogP contribution is -2.52. The molecule has 0 aliphatic carbocycles. The fourth-order valence-corrected chi connectivity index (χ4v) is 4.35.